The predicted octanol–water partition coefficient (Wildman–Crippen LogP) is -0.747. The predicted molar refractivity (Wildman–Crippen MR) is 40.3 cm³/mol. The Morgan fingerprint density at radius 2 is 1.75 bits per heavy atom. The van der Waals surface area contributed by atoms with E-state index in [1.807, 2.05) is 0 Å². The van der Waals surface area contributed by atoms with E-state index in [-0.39, 0.29) is 0 Å². The van der Waals surface area contributed by atoms with Crippen LogP contribution in [0.2, 0.25) is 0 Å². The molecular weight excluding hydrogens is 162 g/mol. The molecule has 1 atom stereocenters. The minimum Gasteiger partial charge on any atom is -0.467 e. The first-order valence-corrected chi connectivity index (χ1v) is 3.34. The number of Topliss-reactive ketones (excluding diaryl/α,β-unsaturated/α-hetero) is 1. The molecule has 12 heavy (non-hydrogen) atoms. The number of nitrogens with one attached hydrogen (secondary N) is 1. The molecule has 0 saturated carbocycles. The van der Waals surface area contributed by atoms with Gasteiger partial charge >= 0.3 is 5.97 Å². The van der Waals surface area contributed by atoms with Crippen LogP contribution in [0.4, 0.5) is 0 Å². The van der Waals surface area contributed by atoms with Gasteiger partial charge in [-0.3, -0.25) is 9.59 Å². The molecule has 0 radical (unpaired) electrons. The number of carbonyl (C=O) groups is 3. The summed E-state index contributed by atoms with van der Waals surface area (Å²) < 4.78 is 4.30. The molecule has 0 spiro atoms. The smallest absolute Gasteiger partial charge is 0.336 e. The van der Waals surface area contributed by atoms with Gasteiger partial charge in [0, 0.05) is 6.92 Å². The Balaban J connectivity index is 4.33. The third kappa shape index (κ3) is 3.14. The molecule has 1 N–H and O–H groups in total. The summed E-state index contributed by atoms with van der Waals surface area (Å²) in [5.74, 6) is -1.64. The Kier molecular flexibility index (Phi) is 3.96. The van der Waals surface area contributed by atoms with Crippen molar-refractivity contribution in [2.45, 2.75) is 19.9 Å². The quantitative estimate of drug-likeness (QED) is 0.450. The second-order valence-corrected chi connectivity index (χ2v) is 2.27. The SMILES string of the molecule is COC(=O)[C@@H](NC(C)=O)C(C)=O. The molecule has 5 heteroatoms. The van der Waals surface area contributed by atoms with E-state index < -0.39 is 23.7 Å². The molecule has 0 unspecified atom stereocenters. The minimum absolute atomic E-state index is 0.444. The van der Waals surface area contributed by atoms with E-state index in [9.17, 15) is 14.4 Å². The Labute approximate surface area is 70.1 Å². The maximum Gasteiger partial charge on any atom is 0.336 e. The topological polar surface area (TPSA) is 72.5 Å². The summed E-state index contributed by atoms with van der Waals surface area (Å²) in [6.45, 7) is 2.43. The normalized spacial score (nSPS) is 11.6. The molecule has 0 aliphatic carbocycles. The minimum atomic E-state index is -1.17. The third-order valence-corrected chi connectivity index (χ3v) is 1.19. The van der Waals surface area contributed by atoms with Crippen LogP contribution in [0, 0.1) is 0 Å². The number of hydrogen-bond donors (Lipinski definition) is 1. The van der Waals surface area contributed by atoms with Crippen molar-refractivity contribution in [2.75, 3.05) is 7.11 Å². The molecule has 0 heterocycles. The van der Waals surface area contributed by atoms with Gasteiger partial charge in [0.2, 0.25) is 5.91 Å². The number of rotatable bonds is 3. The van der Waals surface area contributed by atoms with Gasteiger partial charge in [0.1, 0.15) is 0 Å². The summed E-state index contributed by atoms with van der Waals surface area (Å²) in [5, 5.41) is 2.17. The molecule has 0 rings (SSSR count). The number of carbonyl (C=O) groups excluding carboxylic acids is 3. The van der Waals surface area contributed by atoms with Crippen molar-refractivity contribution in [1.82, 2.24) is 5.32 Å². The summed E-state index contributed by atoms with van der Waals surface area (Å²) >= 11 is 0. The summed E-state index contributed by atoms with van der Waals surface area (Å²) in [4.78, 5) is 32.1. The van der Waals surface area contributed by atoms with Crippen LogP contribution in [-0.2, 0) is 19.1 Å². The van der Waals surface area contributed by atoms with E-state index in [0.717, 1.165) is 7.11 Å². The van der Waals surface area contributed by atoms with Crippen molar-refractivity contribution in [3.63, 3.8) is 0 Å². The fourth-order valence-corrected chi connectivity index (χ4v) is 0.648. The number of ether oxygens (including phenoxy) is 1. The van der Waals surface area contributed by atoms with Crippen LogP contribution in [0.15, 0.2) is 0 Å². The van der Waals surface area contributed by atoms with Gasteiger partial charge < -0.3 is 10.1 Å². The average Bonchev–Trinajstić information content (AvgIpc) is 1.98. The van der Waals surface area contributed by atoms with Crippen molar-refractivity contribution in [2.24, 2.45) is 0 Å². The molecule has 1 amide bonds. The fourth-order valence-electron chi connectivity index (χ4n) is 0.648. The number of ketones is 1. The maximum absolute atomic E-state index is 10.8. The first-order valence-electron chi connectivity index (χ1n) is 3.34. The first-order chi connectivity index (χ1) is 5.49. The van der Waals surface area contributed by atoms with Gasteiger partial charge in [-0.2, -0.15) is 0 Å². The van der Waals surface area contributed by atoms with E-state index in [4.69, 9.17) is 0 Å². The lowest BCUT2D eigenvalue weighted by atomic mass is 10.2. The van der Waals surface area contributed by atoms with Gasteiger partial charge in [-0.05, 0) is 6.92 Å². The fraction of sp³-hybridized carbons (Fsp3) is 0.571. The third-order valence-electron chi connectivity index (χ3n) is 1.19. The van der Waals surface area contributed by atoms with Gasteiger partial charge in [0.25, 0.3) is 0 Å². The lowest BCUT2D eigenvalue weighted by molar-refractivity contribution is -0.148. The highest BCUT2D eigenvalue weighted by Gasteiger charge is 2.24. The van der Waals surface area contributed by atoms with Crippen LogP contribution in [0.1, 0.15) is 13.8 Å². The van der Waals surface area contributed by atoms with Crippen LogP contribution in [0.3, 0.4) is 0 Å². The number of hydrogen-bond acceptors (Lipinski definition) is 4. The summed E-state index contributed by atoms with van der Waals surface area (Å²) in [6, 6.07) is -1.17. The van der Waals surface area contributed by atoms with Crippen molar-refractivity contribution >= 4 is 17.7 Å². The maximum atomic E-state index is 10.8. The standard InChI is InChI=1S/C7H11NO4/c1-4(9)6(7(11)12-3)8-5(2)10/h6H,1-3H3,(H,8,10)/t6-/m0/s1. The molecular formula is C7H11NO4. The second kappa shape index (κ2) is 4.48. The molecule has 0 aromatic heterocycles. The Morgan fingerprint density at radius 3 is 2.00 bits per heavy atom. The van der Waals surface area contributed by atoms with Crippen LogP contribution in [-0.4, -0.2) is 30.8 Å². The monoisotopic (exact) mass is 173 g/mol. The average molecular weight is 173 g/mol. The Hall–Kier alpha value is -1.39. The van der Waals surface area contributed by atoms with Crippen molar-refractivity contribution in [3.05, 3.63) is 0 Å². The van der Waals surface area contributed by atoms with Gasteiger partial charge in [0.15, 0.2) is 11.8 Å². The van der Waals surface area contributed by atoms with Gasteiger partial charge in [-0.15, -0.1) is 0 Å². The molecule has 0 aliphatic heterocycles. The lowest BCUT2D eigenvalue weighted by Gasteiger charge is -2.11. The molecule has 5 nitrogen and oxygen atoms in total. The summed E-state index contributed by atoms with van der Waals surface area (Å²) in [7, 11) is 1.15. The first kappa shape index (κ1) is 10.6. The zero-order chi connectivity index (χ0) is 9.72. The zero-order valence-electron chi connectivity index (χ0n) is 7.21. The van der Waals surface area contributed by atoms with Gasteiger partial charge in [0.05, 0.1) is 7.11 Å². The molecule has 0 fully saturated rings. The molecule has 0 saturated heterocycles. The van der Waals surface area contributed by atoms with Crippen molar-refractivity contribution < 1.29 is 19.1 Å². The second-order valence-electron chi connectivity index (χ2n) is 2.27. The van der Waals surface area contributed by atoms with Crippen LogP contribution >= 0.6 is 0 Å². The van der Waals surface area contributed by atoms with E-state index in [1.165, 1.54) is 13.8 Å². The van der Waals surface area contributed by atoms with E-state index in [2.05, 4.69) is 10.1 Å². The van der Waals surface area contributed by atoms with Crippen LogP contribution < -0.4 is 5.32 Å². The number of methoxy groups -OCH3 is 1. The molecule has 0 aromatic carbocycles. The molecule has 68 valence electrons. The van der Waals surface area contributed by atoms with Gasteiger partial charge in [-0.1, -0.05) is 0 Å². The number of esters is 1. The highest BCUT2D eigenvalue weighted by Crippen LogP contribution is 1.89. The zero-order valence-corrected chi connectivity index (χ0v) is 7.21. The van der Waals surface area contributed by atoms with Crippen molar-refractivity contribution in [3.8, 4) is 0 Å². The van der Waals surface area contributed by atoms with E-state index in [0.29, 0.717) is 0 Å². The lowest BCUT2D eigenvalue weighted by Crippen LogP contribution is -2.45. The van der Waals surface area contributed by atoms with Gasteiger partial charge in [-0.25, -0.2) is 4.79 Å². The largest absolute Gasteiger partial charge is 0.467 e. The Bertz CT molecular complexity index is 211. The summed E-state index contributed by atoms with van der Waals surface area (Å²) in [5.41, 5.74) is 0. The molecule has 0 aromatic rings. The molecule has 0 aliphatic rings. The van der Waals surface area contributed by atoms with Crippen molar-refractivity contribution in [1.29, 1.82) is 0 Å². The van der Waals surface area contributed by atoms with Crippen LogP contribution in [0.5, 0.6) is 0 Å². The van der Waals surface area contributed by atoms with Crippen LogP contribution in [0.25, 0.3) is 0 Å². The summed E-state index contributed by atoms with van der Waals surface area (Å²) in [6.07, 6.45) is 0. The Morgan fingerprint density at radius 1 is 1.25 bits per heavy atom. The highest BCUT2D eigenvalue weighted by atomic mass is 16.5. The molecule has 0 bridgehead atoms. The van der Waals surface area contributed by atoms with E-state index >= 15 is 0 Å². The van der Waals surface area contributed by atoms with E-state index in [1.54, 1.807) is 0 Å². The highest BCUT2D eigenvalue weighted by molar-refractivity contribution is 6.04. The number of amides is 1.